The Morgan fingerprint density at radius 2 is 2.06 bits per heavy atom. The summed E-state index contributed by atoms with van der Waals surface area (Å²) in [6.07, 6.45) is 3.51. The van der Waals surface area contributed by atoms with E-state index in [0.29, 0.717) is 18.8 Å². The average molecular weight is 250 g/mol. The Balaban J connectivity index is 2.00. The van der Waals surface area contributed by atoms with Crippen molar-refractivity contribution in [1.82, 2.24) is 4.90 Å². The number of carbonyl (C=O) groups is 1. The molecule has 90 valence electrons. The van der Waals surface area contributed by atoms with E-state index >= 15 is 0 Å². The molecule has 0 spiro atoms. The van der Waals surface area contributed by atoms with Gasteiger partial charge >= 0.3 is 0 Å². The van der Waals surface area contributed by atoms with Crippen molar-refractivity contribution in [3.05, 3.63) is 42.0 Å². The number of rotatable bonds is 3. The van der Waals surface area contributed by atoms with E-state index in [1.807, 2.05) is 23.1 Å². The molecule has 17 heavy (non-hydrogen) atoms. The van der Waals surface area contributed by atoms with E-state index in [2.05, 4.69) is 18.2 Å². The van der Waals surface area contributed by atoms with Gasteiger partial charge in [-0.05, 0) is 17.6 Å². The van der Waals surface area contributed by atoms with Crippen LogP contribution in [0.5, 0.6) is 0 Å². The number of hydrogen-bond acceptors (Lipinski definition) is 1. The molecule has 1 aromatic rings. The molecule has 1 amide bonds. The van der Waals surface area contributed by atoms with Crippen LogP contribution in [0.3, 0.4) is 0 Å². The molecule has 1 aliphatic rings. The van der Waals surface area contributed by atoms with Gasteiger partial charge in [0.1, 0.15) is 0 Å². The van der Waals surface area contributed by atoms with Crippen molar-refractivity contribution in [3.63, 3.8) is 0 Å². The van der Waals surface area contributed by atoms with Crippen LogP contribution in [0, 0.1) is 0 Å². The largest absolute Gasteiger partial charge is 0.339 e. The third-order valence-electron chi connectivity index (χ3n) is 3.01. The maximum atomic E-state index is 11.7. The smallest absolute Gasteiger partial charge is 0.224 e. The molecule has 0 radical (unpaired) electrons. The SMILES string of the molecule is O=C(CCCl)N1CC=C(c2ccccc2)CC1. The first-order valence-electron chi connectivity index (χ1n) is 5.89. The molecule has 0 atom stereocenters. The highest BCUT2D eigenvalue weighted by Crippen LogP contribution is 2.22. The first-order valence-corrected chi connectivity index (χ1v) is 6.43. The highest BCUT2D eigenvalue weighted by atomic mass is 35.5. The Labute approximate surface area is 107 Å². The molecule has 0 N–H and O–H groups in total. The first-order chi connectivity index (χ1) is 8.31. The molecular weight excluding hydrogens is 234 g/mol. The molecule has 0 unspecified atom stereocenters. The van der Waals surface area contributed by atoms with Crippen LogP contribution in [0.25, 0.3) is 5.57 Å². The summed E-state index contributed by atoms with van der Waals surface area (Å²) in [5.41, 5.74) is 2.59. The molecule has 0 saturated carbocycles. The Morgan fingerprint density at radius 1 is 1.29 bits per heavy atom. The van der Waals surface area contributed by atoms with Crippen LogP contribution in [0.4, 0.5) is 0 Å². The minimum Gasteiger partial charge on any atom is -0.339 e. The van der Waals surface area contributed by atoms with Gasteiger partial charge in [-0.1, -0.05) is 36.4 Å². The van der Waals surface area contributed by atoms with Crippen LogP contribution < -0.4 is 0 Å². The van der Waals surface area contributed by atoms with Crippen LogP contribution in [0.2, 0.25) is 0 Å². The Morgan fingerprint density at radius 3 is 2.65 bits per heavy atom. The molecule has 0 aromatic heterocycles. The van der Waals surface area contributed by atoms with E-state index in [9.17, 15) is 4.79 Å². The summed E-state index contributed by atoms with van der Waals surface area (Å²) in [5, 5.41) is 0. The van der Waals surface area contributed by atoms with Gasteiger partial charge in [-0.15, -0.1) is 11.6 Å². The Kier molecular flexibility index (Phi) is 4.21. The van der Waals surface area contributed by atoms with E-state index in [-0.39, 0.29) is 5.91 Å². The van der Waals surface area contributed by atoms with Crippen molar-refractivity contribution >= 4 is 23.1 Å². The van der Waals surface area contributed by atoms with Gasteiger partial charge in [-0.3, -0.25) is 4.79 Å². The fourth-order valence-corrected chi connectivity index (χ4v) is 2.21. The summed E-state index contributed by atoms with van der Waals surface area (Å²) in [7, 11) is 0. The van der Waals surface area contributed by atoms with E-state index < -0.39 is 0 Å². The topological polar surface area (TPSA) is 20.3 Å². The molecule has 0 aliphatic carbocycles. The zero-order valence-corrected chi connectivity index (χ0v) is 10.5. The van der Waals surface area contributed by atoms with Crippen LogP contribution in [-0.4, -0.2) is 29.8 Å². The van der Waals surface area contributed by atoms with Gasteiger partial charge in [0.05, 0.1) is 0 Å². The van der Waals surface area contributed by atoms with Crippen molar-refractivity contribution in [1.29, 1.82) is 0 Å². The van der Waals surface area contributed by atoms with Crippen LogP contribution >= 0.6 is 11.6 Å². The van der Waals surface area contributed by atoms with Crippen molar-refractivity contribution in [2.75, 3.05) is 19.0 Å². The Bertz CT molecular complexity index is 413. The second-order valence-corrected chi connectivity index (χ2v) is 4.50. The number of benzene rings is 1. The summed E-state index contributed by atoms with van der Waals surface area (Å²) in [4.78, 5) is 13.5. The maximum Gasteiger partial charge on any atom is 0.224 e. The predicted octanol–water partition coefficient (Wildman–Crippen LogP) is 2.93. The number of hydrogen-bond donors (Lipinski definition) is 0. The maximum absolute atomic E-state index is 11.7. The van der Waals surface area contributed by atoms with Crippen LogP contribution in [0.15, 0.2) is 36.4 Å². The van der Waals surface area contributed by atoms with Crippen LogP contribution in [-0.2, 0) is 4.79 Å². The van der Waals surface area contributed by atoms with Crippen LogP contribution in [0.1, 0.15) is 18.4 Å². The van der Waals surface area contributed by atoms with Gasteiger partial charge in [-0.2, -0.15) is 0 Å². The summed E-state index contributed by atoms with van der Waals surface area (Å²) < 4.78 is 0. The molecule has 1 aromatic carbocycles. The average Bonchev–Trinajstić information content (AvgIpc) is 2.40. The second-order valence-electron chi connectivity index (χ2n) is 4.12. The highest BCUT2D eigenvalue weighted by Gasteiger charge is 2.16. The molecule has 2 nitrogen and oxygen atoms in total. The third kappa shape index (κ3) is 3.10. The van der Waals surface area contributed by atoms with E-state index in [1.54, 1.807) is 0 Å². The van der Waals surface area contributed by atoms with E-state index in [4.69, 9.17) is 11.6 Å². The monoisotopic (exact) mass is 249 g/mol. The van der Waals surface area contributed by atoms with Crippen molar-refractivity contribution < 1.29 is 4.79 Å². The van der Waals surface area contributed by atoms with Gasteiger partial charge in [0, 0.05) is 25.4 Å². The number of halogens is 1. The van der Waals surface area contributed by atoms with E-state index in [0.717, 1.165) is 13.0 Å². The predicted molar refractivity (Wildman–Crippen MR) is 71.0 cm³/mol. The molecule has 0 fully saturated rings. The lowest BCUT2D eigenvalue weighted by Crippen LogP contribution is -2.34. The number of carbonyl (C=O) groups excluding carboxylic acids is 1. The zero-order valence-electron chi connectivity index (χ0n) is 9.73. The molecule has 1 aliphatic heterocycles. The first kappa shape index (κ1) is 12.2. The molecule has 0 saturated heterocycles. The standard InChI is InChI=1S/C14H16ClNO/c15-9-6-14(17)16-10-7-13(8-11-16)12-4-2-1-3-5-12/h1-5,7H,6,8-11H2. The third-order valence-corrected chi connectivity index (χ3v) is 3.20. The Hall–Kier alpha value is -1.28. The summed E-state index contributed by atoms with van der Waals surface area (Å²) >= 11 is 5.58. The lowest BCUT2D eigenvalue weighted by molar-refractivity contribution is -0.130. The summed E-state index contributed by atoms with van der Waals surface area (Å²) in [5.74, 6) is 0.563. The highest BCUT2D eigenvalue weighted by molar-refractivity contribution is 6.18. The normalized spacial score (nSPS) is 15.6. The van der Waals surface area contributed by atoms with Crippen molar-refractivity contribution in [2.45, 2.75) is 12.8 Å². The van der Waals surface area contributed by atoms with Gasteiger partial charge in [0.2, 0.25) is 5.91 Å². The lowest BCUT2D eigenvalue weighted by atomic mass is 9.99. The minimum absolute atomic E-state index is 0.156. The molecule has 3 heteroatoms. The van der Waals surface area contributed by atoms with Gasteiger partial charge < -0.3 is 4.90 Å². The fourth-order valence-electron chi connectivity index (χ4n) is 2.05. The number of nitrogens with zero attached hydrogens (tertiary/aromatic N) is 1. The quantitative estimate of drug-likeness (QED) is 0.755. The van der Waals surface area contributed by atoms with Gasteiger partial charge in [-0.25, -0.2) is 0 Å². The molecule has 0 bridgehead atoms. The molecule has 2 rings (SSSR count). The summed E-state index contributed by atoms with van der Waals surface area (Å²) in [6.45, 7) is 1.51. The number of amides is 1. The fraction of sp³-hybridized carbons (Fsp3) is 0.357. The molecular formula is C14H16ClNO. The minimum atomic E-state index is 0.156. The summed E-state index contributed by atoms with van der Waals surface area (Å²) in [6, 6.07) is 10.3. The van der Waals surface area contributed by atoms with Gasteiger partial charge in [0.15, 0.2) is 0 Å². The van der Waals surface area contributed by atoms with Gasteiger partial charge in [0.25, 0.3) is 0 Å². The van der Waals surface area contributed by atoms with Crippen molar-refractivity contribution in [3.8, 4) is 0 Å². The molecule has 1 heterocycles. The second kappa shape index (κ2) is 5.87. The van der Waals surface area contributed by atoms with E-state index in [1.165, 1.54) is 11.1 Å². The van der Waals surface area contributed by atoms with Crippen molar-refractivity contribution in [2.24, 2.45) is 0 Å². The number of alkyl halides is 1. The lowest BCUT2D eigenvalue weighted by Gasteiger charge is -2.26. The zero-order chi connectivity index (χ0) is 12.1.